The van der Waals surface area contributed by atoms with Crippen LogP contribution in [0.15, 0.2) is 72.9 Å². The van der Waals surface area contributed by atoms with Gasteiger partial charge in [0, 0.05) is 19.3 Å². The summed E-state index contributed by atoms with van der Waals surface area (Å²) in [5.74, 6) is -1.48. The fraction of sp³-hybridized carbons (Fsp3) is 0.779. The van der Waals surface area contributed by atoms with Crippen molar-refractivity contribution in [1.29, 1.82) is 0 Å². The highest BCUT2D eigenvalue weighted by Gasteiger charge is 2.28. The molecule has 0 aromatic rings. The van der Waals surface area contributed by atoms with Crippen LogP contribution in [0.2, 0.25) is 0 Å². The summed E-state index contributed by atoms with van der Waals surface area (Å²) in [5.41, 5.74) is 0. The lowest BCUT2D eigenvalue weighted by Crippen LogP contribution is -2.30. The maximum Gasteiger partial charge on any atom is 0.472 e. The predicted octanol–water partition coefficient (Wildman–Crippen LogP) is 20.0. The molecule has 3 atom stereocenters. The Labute approximate surface area is 490 Å². The van der Waals surface area contributed by atoms with E-state index in [1.165, 1.54) is 122 Å². The number of rotatable bonds is 61. The van der Waals surface area contributed by atoms with Crippen molar-refractivity contribution in [2.45, 2.75) is 315 Å². The first-order valence-corrected chi connectivity index (χ1v) is 34.3. The molecule has 0 radical (unpaired) electrons. The fourth-order valence-electron chi connectivity index (χ4n) is 9.04. The summed E-state index contributed by atoms with van der Waals surface area (Å²) >= 11 is 0. The minimum absolute atomic E-state index is 0.151. The van der Waals surface area contributed by atoms with E-state index in [1.54, 1.807) is 0 Å². The van der Waals surface area contributed by atoms with E-state index in [-0.39, 0.29) is 25.9 Å². The number of carbonyl (C=O) groups excluding carboxylic acids is 3. The zero-order valence-electron chi connectivity index (χ0n) is 51.5. The number of carbonyl (C=O) groups is 3. The number of esters is 3. The topological polar surface area (TPSA) is 155 Å². The standard InChI is InChI=1S/C68H121O11P/c1-4-7-10-13-16-19-22-25-28-30-32-34-37-39-42-45-48-51-54-57-66(70)75-61-65(79-68(72)59-56-53-50-47-44-41-38-35-33-31-29-26-23-20-17-14-11-8-5-2)63-77-80(73,74)76-62-64(60-69)78-67(71)58-55-52-49-46-43-40-36-27-24-21-18-15-12-9-6-3/h16-17,19-20,25-29,33,35-36,64-65,69H,4-15,18,21-24,30-32,34,37-63H2,1-3H3,(H,73,74)/b19-16-,20-17-,28-25-,29-26-,35-33-,36-27-. The van der Waals surface area contributed by atoms with Crippen molar-refractivity contribution in [2.24, 2.45) is 0 Å². The van der Waals surface area contributed by atoms with Gasteiger partial charge in [0.2, 0.25) is 0 Å². The van der Waals surface area contributed by atoms with Crippen LogP contribution >= 0.6 is 7.82 Å². The third-order valence-electron chi connectivity index (χ3n) is 14.1. The van der Waals surface area contributed by atoms with Crippen molar-refractivity contribution in [3.05, 3.63) is 72.9 Å². The first-order valence-electron chi connectivity index (χ1n) is 32.8. The Morgan fingerprint density at radius 2 is 0.613 bits per heavy atom. The normalized spacial score (nSPS) is 13.7. The number of unbranched alkanes of at least 4 members (excludes halogenated alkanes) is 32. The fourth-order valence-corrected chi connectivity index (χ4v) is 9.82. The molecule has 0 aliphatic rings. The van der Waals surface area contributed by atoms with Gasteiger partial charge in [0.1, 0.15) is 12.7 Å². The summed E-state index contributed by atoms with van der Waals surface area (Å²) in [5, 5.41) is 9.85. The molecule has 0 saturated heterocycles. The molecule has 0 heterocycles. The van der Waals surface area contributed by atoms with Crippen LogP contribution in [0.4, 0.5) is 0 Å². The highest BCUT2D eigenvalue weighted by atomic mass is 31.2. The quantitative estimate of drug-likeness (QED) is 0.0197. The molecular weight excluding hydrogens is 1020 g/mol. The molecule has 0 spiro atoms. The smallest absolute Gasteiger partial charge is 0.462 e. The maximum absolute atomic E-state index is 13.0. The Hall–Kier alpha value is -3.08. The van der Waals surface area contributed by atoms with Crippen molar-refractivity contribution < 1.29 is 52.2 Å². The molecule has 11 nitrogen and oxygen atoms in total. The average molecular weight is 1150 g/mol. The lowest BCUT2D eigenvalue weighted by Gasteiger charge is -2.21. The monoisotopic (exact) mass is 1140 g/mol. The molecule has 0 fully saturated rings. The molecule has 0 aliphatic heterocycles. The van der Waals surface area contributed by atoms with Gasteiger partial charge in [0.15, 0.2) is 6.10 Å². The third-order valence-corrected chi connectivity index (χ3v) is 15.0. The Bertz CT molecular complexity index is 1620. The van der Waals surface area contributed by atoms with Gasteiger partial charge in [-0.25, -0.2) is 4.57 Å². The average Bonchev–Trinajstić information content (AvgIpc) is 3.45. The van der Waals surface area contributed by atoms with Crippen molar-refractivity contribution in [3.8, 4) is 0 Å². The van der Waals surface area contributed by atoms with E-state index in [0.717, 1.165) is 122 Å². The van der Waals surface area contributed by atoms with Gasteiger partial charge in [-0.15, -0.1) is 0 Å². The Kier molecular flexibility index (Phi) is 59.6. The SMILES string of the molecule is CCCCC/C=C\C/C=C\C/C=C\CCCCCCCCC(=O)OC(COC(=O)CCCCCCCCCCC/C=C\C/C=C\CCCCC)COP(=O)(O)OCC(CO)OC(=O)CCCCCCC/C=C\CCCCCCCC. The van der Waals surface area contributed by atoms with E-state index in [2.05, 4.69) is 93.7 Å². The molecular formula is C68H121O11P. The molecule has 80 heavy (non-hydrogen) atoms. The molecule has 0 amide bonds. The minimum Gasteiger partial charge on any atom is -0.462 e. The summed E-state index contributed by atoms with van der Waals surface area (Å²) in [6.45, 7) is 4.60. The summed E-state index contributed by atoms with van der Waals surface area (Å²) < 4.78 is 39.7. The predicted molar refractivity (Wildman–Crippen MR) is 335 cm³/mol. The van der Waals surface area contributed by atoms with Gasteiger partial charge in [-0.1, -0.05) is 241 Å². The molecule has 3 unspecified atom stereocenters. The first kappa shape index (κ1) is 76.9. The van der Waals surface area contributed by atoms with Crippen molar-refractivity contribution >= 4 is 25.7 Å². The van der Waals surface area contributed by atoms with Crippen LogP contribution in [0.3, 0.4) is 0 Å². The van der Waals surface area contributed by atoms with Gasteiger partial charge in [0.05, 0.1) is 19.8 Å². The highest BCUT2D eigenvalue weighted by Crippen LogP contribution is 2.43. The minimum atomic E-state index is -4.76. The Balaban J connectivity index is 4.73. The van der Waals surface area contributed by atoms with E-state index in [1.807, 2.05) is 0 Å². The van der Waals surface area contributed by atoms with Crippen LogP contribution in [-0.4, -0.2) is 66.5 Å². The van der Waals surface area contributed by atoms with Gasteiger partial charge in [-0.3, -0.25) is 23.4 Å². The molecule has 0 aromatic heterocycles. The van der Waals surface area contributed by atoms with E-state index < -0.39 is 57.8 Å². The van der Waals surface area contributed by atoms with Gasteiger partial charge in [0.25, 0.3) is 0 Å². The van der Waals surface area contributed by atoms with E-state index in [4.69, 9.17) is 23.3 Å². The van der Waals surface area contributed by atoms with Crippen LogP contribution in [0.25, 0.3) is 0 Å². The first-order chi connectivity index (χ1) is 39.2. The number of aliphatic hydroxyl groups is 1. The van der Waals surface area contributed by atoms with Crippen LogP contribution < -0.4 is 0 Å². The number of ether oxygens (including phenoxy) is 3. The second kappa shape index (κ2) is 62.0. The van der Waals surface area contributed by atoms with E-state index >= 15 is 0 Å². The van der Waals surface area contributed by atoms with E-state index in [9.17, 15) is 28.9 Å². The van der Waals surface area contributed by atoms with Gasteiger partial charge < -0.3 is 24.2 Å². The third kappa shape index (κ3) is 59.5. The van der Waals surface area contributed by atoms with Gasteiger partial charge in [-0.05, 0) is 116 Å². The molecule has 0 bridgehead atoms. The van der Waals surface area contributed by atoms with Crippen LogP contribution in [0.5, 0.6) is 0 Å². The maximum atomic E-state index is 13.0. The van der Waals surface area contributed by atoms with Crippen LogP contribution in [-0.2, 0) is 42.2 Å². The largest absolute Gasteiger partial charge is 0.472 e. The molecule has 0 aliphatic carbocycles. The van der Waals surface area contributed by atoms with Gasteiger partial charge in [-0.2, -0.15) is 0 Å². The molecule has 464 valence electrons. The van der Waals surface area contributed by atoms with Crippen molar-refractivity contribution in [1.82, 2.24) is 0 Å². The Morgan fingerprint density at radius 1 is 0.350 bits per heavy atom. The van der Waals surface area contributed by atoms with Crippen LogP contribution in [0.1, 0.15) is 303 Å². The zero-order chi connectivity index (χ0) is 58.3. The summed E-state index contributed by atoms with van der Waals surface area (Å²) in [6, 6.07) is 0. The van der Waals surface area contributed by atoms with E-state index in [0.29, 0.717) is 19.3 Å². The van der Waals surface area contributed by atoms with Gasteiger partial charge >= 0.3 is 25.7 Å². The zero-order valence-corrected chi connectivity index (χ0v) is 52.4. The number of phosphoric acid groups is 1. The lowest BCUT2D eigenvalue weighted by atomic mass is 10.1. The summed E-state index contributed by atoms with van der Waals surface area (Å²) in [6.07, 6.45) is 71.3. The second-order valence-corrected chi connectivity index (χ2v) is 23.4. The number of hydrogen-bond acceptors (Lipinski definition) is 10. The van der Waals surface area contributed by atoms with Crippen molar-refractivity contribution in [3.63, 3.8) is 0 Å². The molecule has 12 heteroatoms. The number of hydrogen-bond donors (Lipinski definition) is 2. The molecule has 2 N–H and O–H groups in total. The highest BCUT2D eigenvalue weighted by molar-refractivity contribution is 7.47. The Morgan fingerprint density at radius 3 is 0.975 bits per heavy atom. The van der Waals surface area contributed by atoms with Crippen molar-refractivity contribution in [2.75, 3.05) is 26.4 Å². The number of aliphatic hydroxyl groups excluding tert-OH is 1. The number of allylic oxidation sites excluding steroid dienone is 12. The summed E-state index contributed by atoms with van der Waals surface area (Å²) in [7, 11) is -4.76. The molecule has 0 rings (SSSR count). The second-order valence-electron chi connectivity index (χ2n) is 21.9. The molecule has 0 saturated carbocycles. The molecule has 0 aromatic carbocycles. The summed E-state index contributed by atoms with van der Waals surface area (Å²) in [4.78, 5) is 48.8. The lowest BCUT2D eigenvalue weighted by molar-refractivity contribution is -0.161. The van der Waals surface area contributed by atoms with Crippen LogP contribution in [0, 0.1) is 0 Å². The number of phosphoric ester groups is 1.